The number of halogens is 3. The minimum atomic E-state index is -4.45. The highest BCUT2D eigenvalue weighted by atomic mass is 19.4. The monoisotopic (exact) mass is 364 g/mol. The molecular weight excluding hydrogens is 349 g/mol. The Morgan fingerprint density at radius 1 is 1.27 bits per heavy atom. The molecule has 0 radical (unpaired) electrons. The Labute approximate surface area is 146 Å². The molecule has 0 aliphatic heterocycles. The molecule has 0 fully saturated rings. The van der Waals surface area contributed by atoms with Crippen LogP contribution < -0.4 is 5.32 Å². The molecule has 0 bridgehead atoms. The molecule has 0 aliphatic rings. The minimum absolute atomic E-state index is 0.0729. The van der Waals surface area contributed by atoms with Crippen LogP contribution in [0.1, 0.15) is 22.5 Å². The maximum atomic E-state index is 12.7. The Balaban J connectivity index is 1.82. The average molecular weight is 364 g/mol. The number of aromatic amines is 1. The van der Waals surface area contributed by atoms with Crippen molar-refractivity contribution in [1.29, 1.82) is 0 Å². The van der Waals surface area contributed by atoms with Gasteiger partial charge in [-0.3, -0.25) is 9.89 Å². The van der Waals surface area contributed by atoms with Crippen molar-refractivity contribution in [3.8, 4) is 5.82 Å². The van der Waals surface area contributed by atoms with Gasteiger partial charge in [0.25, 0.3) is 0 Å². The fourth-order valence-electron chi connectivity index (χ4n) is 2.52. The molecule has 0 saturated heterocycles. The quantitative estimate of drug-likeness (QED) is 0.745. The Bertz CT molecular complexity index is 913. The summed E-state index contributed by atoms with van der Waals surface area (Å²) in [6.45, 7) is 3.47. The van der Waals surface area contributed by atoms with Crippen molar-refractivity contribution in [3.05, 3.63) is 53.2 Å². The first kappa shape index (κ1) is 17.6. The number of carbonyl (C=O) groups is 1. The van der Waals surface area contributed by atoms with Gasteiger partial charge in [-0.1, -0.05) is 0 Å². The van der Waals surface area contributed by atoms with E-state index < -0.39 is 11.7 Å². The van der Waals surface area contributed by atoms with Gasteiger partial charge in [0.15, 0.2) is 5.82 Å². The zero-order chi connectivity index (χ0) is 18.9. The second-order valence-electron chi connectivity index (χ2n) is 5.68. The second-order valence-corrected chi connectivity index (χ2v) is 5.68. The molecule has 0 aliphatic carbocycles. The summed E-state index contributed by atoms with van der Waals surface area (Å²) in [5, 5.41) is 13.3. The van der Waals surface area contributed by atoms with Crippen LogP contribution in [0.25, 0.3) is 5.82 Å². The lowest BCUT2D eigenvalue weighted by Gasteiger charge is -2.08. The number of alkyl halides is 3. The lowest BCUT2D eigenvalue weighted by Crippen LogP contribution is -2.15. The third kappa shape index (κ3) is 3.58. The molecule has 0 unspecified atom stereocenters. The fraction of sp³-hybridized carbons (Fsp3) is 0.250. The van der Waals surface area contributed by atoms with Crippen molar-refractivity contribution in [2.75, 3.05) is 5.32 Å². The van der Waals surface area contributed by atoms with E-state index in [9.17, 15) is 18.0 Å². The van der Waals surface area contributed by atoms with Gasteiger partial charge < -0.3 is 5.32 Å². The fourth-order valence-corrected chi connectivity index (χ4v) is 2.52. The van der Waals surface area contributed by atoms with E-state index in [-0.39, 0.29) is 18.1 Å². The molecule has 26 heavy (non-hydrogen) atoms. The summed E-state index contributed by atoms with van der Waals surface area (Å²) >= 11 is 0. The van der Waals surface area contributed by atoms with Crippen LogP contribution in [0.2, 0.25) is 0 Å². The molecule has 10 heteroatoms. The first-order chi connectivity index (χ1) is 12.3. The van der Waals surface area contributed by atoms with E-state index in [0.29, 0.717) is 22.6 Å². The number of hydrogen-bond acceptors (Lipinski definition) is 4. The molecule has 3 aromatic heterocycles. The van der Waals surface area contributed by atoms with Crippen LogP contribution in [0.3, 0.4) is 0 Å². The van der Waals surface area contributed by atoms with Crippen LogP contribution in [0, 0.1) is 13.8 Å². The average Bonchev–Trinajstić information content (AvgIpc) is 3.17. The largest absolute Gasteiger partial charge is 0.417 e. The number of pyridine rings is 1. The topological polar surface area (TPSA) is 88.5 Å². The van der Waals surface area contributed by atoms with Crippen LogP contribution in [0.15, 0.2) is 30.7 Å². The zero-order valence-corrected chi connectivity index (χ0v) is 13.9. The van der Waals surface area contributed by atoms with E-state index in [2.05, 4.69) is 25.6 Å². The molecule has 0 aromatic carbocycles. The van der Waals surface area contributed by atoms with Crippen molar-refractivity contribution >= 4 is 11.6 Å². The van der Waals surface area contributed by atoms with Crippen molar-refractivity contribution in [2.45, 2.75) is 26.4 Å². The number of amides is 1. The summed E-state index contributed by atoms with van der Waals surface area (Å²) in [4.78, 5) is 16.0. The Hall–Kier alpha value is -3.17. The van der Waals surface area contributed by atoms with E-state index in [0.717, 1.165) is 12.3 Å². The Morgan fingerprint density at radius 3 is 2.62 bits per heavy atom. The standard InChI is InChI=1S/C16H15F3N6O/c1-9-13(5-15(26)23-12-7-21-22-8-12)10(2)25(24-9)14-4-3-11(6-20-14)16(17,18)19/h3-4,6-8H,5H2,1-2H3,(H,21,22)(H,23,26). The molecule has 136 valence electrons. The first-order valence-electron chi connectivity index (χ1n) is 7.63. The zero-order valence-electron chi connectivity index (χ0n) is 13.9. The van der Waals surface area contributed by atoms with Crippen LogP contribution in [-0.2, 0) is 17.4 Å². The summed E-state index contributed by atoms with van der Waals surface area (Å²) in [5.74, 6) is -0.00220. The Morgan fingerprint density at radius 2 is 2.04 bits per heavy atom. The van der Waals surface area contributed by atoms with Crippen molar-refractivity contribution in [3.63, 3.8) is 0 Å². The van der Waals surface area contributed by atoms with E-state index >= 15 is 0 Å². The van der Waals surface area contributed by atoms with Gasteiger partial charge in [-0.25, -0.2) is 9.67 Å². The van der Waals surface area contributed by atoms with E-state index in [1.54, 1.807) is 20.0 Å². The predicted molar refractivity (Wildman–Crippen MR) is 86.8 cm³/mol. The van der Waals surface area contributed by atoms with Gasteiger partial charge in [-0.05, 0) is 26.0 Å². The van der Waals surface area contributed by atoms with Gasteiger partial charge in [-0.15, -0.1) is 0 Å². The van der Waals surface area contributed by atoms with E-state index in [1.165, 1.54) is 16.9 Å². The number of carbonyl (C=O) groups excluding carboxylic acids is 1. The molecule has 2 N–H and O–H groups in total. The summed E-state index contributed by atoms with van der Waals surface area (Å²) in [7, 11) is 0. The van der Waals surface area contributed by atoms with Gasteiger partial charge in [0.2, 0.25) is 5.91 Å². The van der Waals surface area contributed by atoms with E-state index in [1.807, 2.05) is 0 Å². The lowest BCUT2D eigenvalue weighted by molar-refractivity contribution is -0.137. The number of aromatic nitrogens is 5. The molecule has 0 atom stereocenters. The van der Waals surface area contributed by atoms with Gasteiger partial charge in [0, 0.05) is 23.7 Å². The normalized spacial score (nSPS) is 11.6. The highest BCUT2D eigenvalue weighted by Gasteiger charge is 2.30. The summed E-state index contributed by atoms with van der Waals surface area (Å²) in [5.41, 5.74) is 1.64. The van der Waals surface area contributed by atoms with Crippen LogP contribution in [0.5, 0.6) is 0 Å². The predicted octanol–water partition coefficient (Wildman–Crippen LogP) is 2.81. The summed E-state index contributed by atoms with van der Waals surface area (Å²) in [6, 6.07) is 2.20. The number of anilines is 1. The number of nitrogens with zero attached hydrogens (tertiary/aromatic N) is 4. The number of aryl methyl sites for hydroxylation is 1. The van der Waals surface area contributed by atoms with Gasteiger partial charge in [-0.2, -0.15) is 23.4 Å². The number of rotatable bonds is 4. The molecule has 0 saturated carbocycles. The van der Waals surface area contributed by atoms with Crippen LogP contribution in [0.4, 0.5) is 18.9 Å². The molecule has 3 heterocycles. The molecule has 0 spiro atoms. The third-order valence-electron chi connectivity index (χ3n) is 3.85. The van der Waals surface area contributed by atoms with Crippen molar-refractivity contribution in [2.24, 2.45) is 0 Å². The number of H-pyrrole nitrogens is 1. The van der Waals surface area contributed by atoms with Crippen LogP contribution >= 0.6 is 0 Å². The van der Waals surface area contributed by atoms with Gasteiger partial charge in [0.1, 0.15) is 0 Å². The van der Waals surface area contributed by atoms with E-state index in [4.69, 9.17) is 0 Å². The third-order valence-corrected chi connectivity index (χ3v) is 3.85. The second kappa shape index (κ2) is 6.62. The minimum Gasteiger partial charge on any atom is -0.323 e. The van der Waals surface area contributed by atoms with Crippen molar-refractivity contribution < 1.29 is 18.0 Å². The Kier molecular flexibility index (Phi) is 4.49. The number of hydrogen-bond donors (Lipinski definition) is 2. The number of nitrogens with one attached hydrogen (secondary N) is 2. The maximum absolute atomic E-state index is 12.7. The maximum Gasteiger partial charge on any atom is 0.417 e. The van der Waals surface area contributed by atoms with Gasteiger partial charge in [0.05, 0.1) is 29.6 Å². The SMILES string of the molecule is Cc1nn(-c2ccc(C(F)(F)F)cn2)c(C)c1CC(=O)Nc1cn[nH]c1. The smallest absolute Gasteiger partial charge is 0.323 e. The highest BCUT2D eigenvalue weighted by Crippen LogP contribution is 2.29. The molecule has 3 aromatic rings. The highest BCUT2D eigenvalue weighted by molar-refractivity contribution is 5.92. The van der Waals surface area contributed by atoms with Crippen molar-refractivity contribution in [1.82, 2.24) is 25.0 Å². The first-order valence-corrected chi connectivity index (χ1v) is 7.63. The molecular formula is C16H15F3N6O. The molecule has 3 rings (SSSR count). The summed E-state index contributed by atoms with van der Waals surface area (Å²) in [6.07, 6.45) is -0.586. The van der Waals surface area contributed by atoms with Gasteiger partial charge >= 0.3 is 6.18 Å². The summed E-state index contributed by atoms with van der Waals surface area (Å²) < 4.78 is 39.4. The molecule has 7 nitrogen and oxygen atoms in total. The lowest BCUT2D eigenvalue weighted by atomic mass is 10.1. The molecule has 1 amide bonds. The van der Waals surface area contributed by atoms with Crippen LogP contribution in [-0.4, -0.2) is 30.9 Å².